The molecular formula is C11H14NO4S. The average molecular weight is 256 g/mol. The lowest BCUT2D eigenvalue weighted by atomic mass is 10.2. The van der Waals surface area contributed by atoms with Gasteiger partial charge in [0.25, 0.3) is 15.9 Å². The lowest BCUT2D eigenvalue weighted by Gasteiger charge is -2.12. The van der Waals surface area contributed by atoms with E-state index in [4.69, 9.17) is 4.74 Å². The Labute approximate surface area is 101 Å². The van der Waals surface area contributed by atoms with Crippen molar-refractivity contribution >= 4 is 15.9 Å². The SMILES string of the molecule is CC(C)Oc1ccccc1C(=O)[N]S(C)(=O)=O. The van der Waals surface area contributed by atoms with Crippen molar-refractivity contribution < 1.29 is 17.9 Å². The summed E-state index contributed by atoms with van der Waals surface area (Å²) in [5.41, 5.74) is 0.145. The van der Waals surface area contributed by atoms with Gasteiger partial charge in [-0.15, -0.1) is 4.72 Å². The minimum absolute atomic E-state index is 0.109. The maximum absolute atomic E-state index is 11.6. The molecule has 0 unspecified atom stereocenters. The molecule has 0 spiro atoms. The van der Waals surface area contributed by atoms with Gasteiger partial charge in [-0.05, 0) is 26.0 Å². The van der Waals surface area contributed by atoms with E-state index in [1.54, 1.807) is 18.2 Å². The van der Waals surface area contributed by atoms with E-state index in [0.29, 0.717) is 5.75 Å². The Morgan fingerprint density at radius 2 is 1.88 bits per heavy atom. The van der Waals surface area contributed by atoms with Crippen molar-refractivity contribution in [3.63, 3.8) is 0 Å². The topological polar surface area (TPSA) is 74.5 Å². The highest BCUT2D eigenvalue weighted by Gasteiger charge is 2.18. The Kier molecular flexibility index (Phi) is 4.11. The number of ether oxygens (including phenoxy) is 1. The summed E-state index contributed by atoms with van der Waals surface area (Å²) in [7, 11) is -3.70. The van der Waals surface area contributed by atoms with Gasteiger partial charge in [0.1, 0.15) is 5.75 Å². The van der Waals surface area contributed by atoms with Crippen molar-refractivity contribution in [3.8, 4) is 5.75 Å². The number of hydrogen-bond acceptors (Lipinski definition) is 4. The van der Waals surface area contributed by atoms with Crippen LogP contribution in [-0.2, 0) is 10.0 Å². The molecule has 0 fully saturated rings. The van der Waals surface area contributed by atoms with Gasteiger partial charge in [0.2, 0.25) is 0 Å². The van der Waals surface area contributed by atoms with Crippen LogP contribution in [0.25, 0.3) is 0 Å². The van der Waals surface area contributed by atoms with Crippen molar-refractivity contribution in [1.82, 2.24) is 4.72 Å². The van der Waals surface area contributed by atoms with Gasteiger partial charge in [-0.2, -0.15) is 0 Å². The first-order valence-electron chi connectivity index (χ1n) is 5.02. The molecule has 0 aliphatic carbocycles. The van der Waals surface area contributed by atoms with Crippen LogP contribution in [-0.4, -0.2) is 26.7 Å². The van der Waals surface area contributed by atoms with Gasteiger partial charge in [0.15, 0.2) is 0 Å². The van der Waals surface area contributed by atoms with Crippen LogP contribution in [0, 0.1) is 0 Å². The van der Waals surface area contributed by atoms with Crippen molar-refractivity contribution in [2.24, 2.45) is 0 Å². The number of carbonyl (C=O) groups excluding carboxylic acids is 1. The number of benzene rings is 1. The molecule has 0 saturated carbocycles. The number of carbonyl (C=O) groups is 1. The van der Waals surface area contributed by atoms with Gasteiger partial charge >= 0.3 is 0 Å². The summed E-state index contributed by atoms with van der Waals surface area (Å²) < 4.78 is 30.3. The minimum atomic E-state index is -3.70. The van der Waals surface area contributed by atoms with Crippen LogP contribution in [0.4, 0.5) is 0 Å². The first-order chi connectivity index (χ1) is 7.79. The lowest BCUT2D eigenvalue weighted by Crippen LogP contribution is -2.23. The van der Waals surface area contributed by atoms with Crippen molar-refractivity contribution in [2.45, 2.75) is 20.0 Å². The molecule has 0 atom stereocenters. The second-order valence-corrected chi connectivity index (χ2v) is 5.44. The molecule has 0 bridgehead atoms. The van der Waals surface area contributed by atoms with E-state index in [9.17, 15) is 13.2 Å². The number of sulfonamides is 1. The molecule has 0 aliphatic rings. The molecule has 1 aromatic carbocycles. The van der Waals surface area contributed by atoms with Crippen molar-refractivity contribution in [3.05, 3.63) is 29.8 Å². The molecule has 17 heavy (non-hydrogen) atoms. The van der Waals surface area contributed by atoms with Crippen LogP contribution in [0.1, 0.15) is 24.2 Å². The van der Waals surface area contributed by atoms with Crippen LogP contribution >= 0.6 is 0 Å². The van der Waals surface area contributed by atoms with Crippen LogP contribution in [0.3, 0.4) is 0 Å². The van der Waals surface area contributed by atoms with Gasteiger partial charge in [-0.3, -0.25) is 4.79 Å². The highest BCUT2D eigenvalue weighted by Crippen LogP contribution is 2.19. The molecular weight excluding hydrogens is 242 g/mol. The molecule has 0 aliphatic heterocycles. The number of rotatable bonds is 4. The van der Waals surface area contributed by atoms with Crippen LogP contribution in [0.2, 0.25) is 0 Å². The summed E-state index contributed by atoms with van der Waals surface area (Å²) in [6.45, 7) is 3.63. The summed E-state index contributed by atoms with van der Waals surface area (Å²) in [5.74, 6) is -0.483. The maximum Gasteiger partial charge on any atom is 0.291 e. The van der Waals surface area contributed by atoms with E-state index in [-0.39, 0.29) is 11.7 Å². The standard InChI is InChI=1S/C11H14NO4S/c1-8(2)16-10-7-5-4-6-9(10)11(13)12-17(3,14)15/h4-8H,1-3H3. The van der Waals surface area contributed by atoms with Gasteiger partial charge < -0.3 is 4.74 Å². The Morgan fingerprint density at radius 3 is 2.41 bits per heavy atom. The smallest absolute Gasteiger partial charge is 0.291 e. The zero-order valence-corrected chi connectivity index (χ0v) is 10.7. The molecule has 1 aromatic rings. The first kappa shape index (κ1) is 13.5. The fourth-order valence-electron chi connectivity index (χ4n) is 1.20. The number of amides is 1. The molecule has 0 saturated heterocycles. The number of nitrogens with zero attached hydrogens (tertiary/aromatic N) is 1. The Hall–Kier alpha value is -1.56. The number of hydrogen-bond donors (Lipinski definition) is 0. The van der Waals surface area contributed by atoms with E-state index >= 15 is 0 Å². The number of para-hydroxylation sites is 1. The highest BCUT2D eigenvalue weighted by atomic mass is 32.2. The van der Waals surface area contributed by atoms with Crippen LogP contribution in [0.15, 0.2) is 24.3 Å². The summed E-state index contributed by atoms with van der Waals surface area (Å²) in [4.78, 5) is 11.6. The third-order valence-corrected chi connectivity index (χ3v) is 2.23. The Balaban J connectivity index is 3.01. The normalized spacial score (nSPS) is 11.3. The monoisotopic (exact) mass is 256 g/mol. The summed E-state index contributed by atoms with van der Waals surface area (Å²) in [6.07, 6.45) is 0.763. The molecule has 6 heteroatoms. The molecule has 1 radical (unpaired) electrons. The van der Waals surface area contributed by atoms with Crippen LogP contribution in [0.5, 0.6) is 5.75 Å². The molecule has 0 N–H and O–H groups in total. The maximum atomic E-state index is 11.6. The zero-order chi connectivity index (χ0) is 13.1. The minimum Gasteiger partial charge on any atom is -0.490 e. The predicted octanol–water partition coefficient (Wildman–Crippen LogP) is 1.18. The Bertz CT molecular complexity index is 508. The van der Waals surface area contributed by atoms with E-state index in [0.717, 1.165) is 6.26 Å². The molecule has 1 amide bonds. The van der Waals surface area contributed by atoms with Crippen molar-refractivity contribution in [1.29, 1.82) is 0 Å². The van der Waals surface area contributed by atoms with Gasteiger partial charge in [-0.25, -0.2) is 8.42 Å². The van der Waals surface area contributed by atoms with E-state index in [1.165, 1.54) is 6.07 Å². The first-order valence-corrected chi connectivity index (χ1v) is 6.87. The molecule has 93 valence electrons. The van der Waals surface area contributed by atoms with Crippen molar-refractivity contribution in [2.75, 3.05) is 6.26 Å². The van der Waals surface area contributed by atoms with E-state index in [2.05, 4.69) is 4.72 Å². The lowest BCUT2D eigenvalue weighted by molar-refractivity contribution is 0.0972. The van der Waals surface area contributed by atoms with Gasteiger partial charge in [0, 0.05) is 0 Å². The summed E-state index contributed by atoms with van der Waals surface area (Å²) >= 11 is 0. The largest absolute Gasteiger partial charge is 0.490 e. The second-order valence-electron chi connectivity index (χ2n) is 3.79. The summed E-state index contributed by atoms with van der Waals surface area (Å²) in [6, 6.07) is 6.41. The third kappa shape index (κ3) is 4.44. The fraction of sp³-hybridized carbons (Fsp3) is 0.364. The quantitative estimate of drug-likeness (QED) is 0.810. The van der Waals surface area contributed by atoms with E-state index < -0.39 is 15.9 Å². The fourth-order valence-corrected chi connectivity index (χ4v) is 1.60. The zero-order valence-electron chi connectivity index (χ0n) is 9.88. The Morgan fingerprint density at radius 1 is 1.29 bits per heavy atom. The van der Waals surface area contributed by atoms with E-state index in [1.807, 2.05) is 13.8 Å². The molecule has 1 rings (SSSR count). The molecule has 5 nitrogen and oxygen atoms in total. The van der Waals surface area contributed by atoms with Crippen LogP contribution < -0.4 is 9.46 Å². The highest BCUT2D eigenvalue weighted by molar-refractivity contribution is 7.89. The van der Waals surface area contributed by atoms with Gasteiger partial charge in [0.05, 0.1) is 17.9 Å². The molecule has 0 heterocycles. The average Bonchev–Trinajstić information content (AvgIpc) is 2.14. The molecule has 0 aromatic heterocycles. The second kappa shape index (κ2) is 5.18. The summed E-state index contributed by atoms with van der Waals surface area (Å²) in [5, 5.41) is 0. The predicted molar refractivity (Wildman–Crippen MR) is 63.5 cm³/mol. The van der Waals surface area contributed by atoms with Gasteiger partial charge in [-0.1, -0.05) is 12.1 Å². The third-order valence-electron chi connectivity index (χ3n) is 1.73.